The Hall–Kier alpha value is -3.79. The van der Waals surface area contributed by atoms with E-state index in [4.69, 9.17) is 0 Å². The van der Waals surface area contributed by atoms with Crippen LogP contribution in [0.4, 0.5) is 4.39 Å². The second-order valence-electron chi connectivity index (χ2n) is 7.32. The molecule has 0 radical (unpaired) electrons. The quantitative estimate of drug-likeness (QED) is 0.346. The Balaban J connectivity index is 1.71. The molecule has 0 fully saturated rings. The summed E-state index contributed by atoms with van der Waals surface area (Å²) in [4.78, 5) is 46.6. The van der Waals surface area contributed by atoms with Gasteiger partial charge in [0.15, 0.2) is 11.5 Å². The zero-order chi connectivity index (χ0) is 23.5. The van der Waals surface area contributed by atoms with Crippen molar-refractivity contribution in [1.29, 1.82) is 0 Å². The molecule has 8 nitrogen and oxygen atoms in total. The Bertz CT molecular complexity index is 1470. The monoisotopic (exact) mass is 465 g/mol. The molecule has 0 aliphatic carbocycles. The van der Waals surface area contributed by atoms with E-state index in [0.29, 0.717) is 12.1 Å². The highest BCUT2D eigenvalue weighted by molar-refractivity contribution is 8.00. The van der Waals surface area contributed by atoms with Gasteiger partial charge in [-0.25, -0.2) is 19.2 Å². The van der Waals surface area contributed by atoms with Crippen molar-refractivity contribution in [2.24, 2.45) is 14.1 Å². The number of carbonyl (C=O) groups is 1. The smallest absolute Gasteiger partial charge is 0.332 e. The molecule has 0 saturated carbocycles. The number of hydrogen-bond acceptors (Lipinski definition) is 6. The minimum atomic E-state index is -0.564. The number of aromatic nitrogens is 4. The molecular formula is C23H20FN5O3S. The molecule has 0 aliphatic rings. The SMILES string of the molecule is Cn1c(=O)c2c(SCC(=O)NCc3ccccc3)nc(-c3cccc(F)c3)nc2n(C)c1=O. The average Bonchev–Trinajstić information content (AvgIpc) is 2.83. The summed E-state index contributed by atoms with van der Waals surface area (Å²) in [5.74, 6) is -0.571. The van der Waals surface area contributed by atoms with Gasteiger partial charge in [-0.05, 0) is 17.7 Å². The maximum absolute atomic E-state index is 13.8. The largest absolute Gasteiger partial charge is 0.351 e. The third-order valence-electron chi connectivity index (χ3n) is 5.02. The Morgan fingerprint density at radius 2 is 1.79 bits per heavy atom. The first kappa shape index (κ1) is 22.4. The van der Waals surface area contributed by atoms with Crippen LogP contribution in [0.1, 0.15) is 5.56 Å². The van der Waals surface area contributed by atoms with Crippen molar-refractivity contribution in [3.63, 3.8) is 0 Å². The first-order valence-electron chi connectivity index (χ1n) is 10.0. The number of thioether (sulfide) groups is 1. The molecule has 0 saturated heterocycles. The van der Waals surface area contributed by atoms with Gasteiger partial charge in [0.25, 0.3) is 5.56 Å². The summed E-state index contributed by atoms with van der Waals surface area (Å²) in [5.41, 5.74) is 0.351. The fraction of sp³-hybridized carbons (Fsp3) is 0.174. The number of nitrogens with zero attached hydrogens (tertiary/aromatic N) is 4. The Labute approximate surface area is 192 Å². The number of nitrogens with one attached hydrogen (secondary N) is 1. The summed E-state index contributed by atoms with van der Waals surface area (Å²) >= 11 is 1.06. The fourth-order valence-corrected chi connectivity index (χ4v) is 4.12. The van der Waals surface area contributed by atoms with Gasteiger partial charge in [0, 0.05) is 26.2 Å². The molecule has 4 rings (SSSR count). The van der Waals surface area contributed by atoms with Crippen LogP contribution in [0.25, 0.3) is 22.4 Å². The molecule has 10 heteroatoms. The molecule has 0 spiro atoms. The number of fused-ring (bicyclic) bond motifs is 1. The maximum atomic E-state index is 13.8. The number of aryl methyl sites for hydroxylation is 1. The van der Waals surface area contributed by atoms with Crippen LogP contribution in [0.3, 0.4) is 0 Å². The first-order chi connectivity index (χ1) is 15.8. The predicted octanol–water partition coefficient (Wildman–Crippen LogP) is 2.24. The van der Waals surface area contributed by atoms with Gasteiger partial charge in [-0.1, -0.05) is 54.2 Å². The van der Waals surface area contributed by atoms with Crippen LogP contribution in [-0.2, 0) is 25.4 Å². The average molecular weight is 466 g/mol. The lowest BCUT2D eigenvalue weighted by Crippen LogP contribution is -2.37. The molecule has 0 bridgehead atoms. The van der Waals surface area contributed by atoms with Gasteiger partial charge >= 0.3 is 5.69 Å². The van der Waals surface area contributed by atoms with E-state index >= 15 is 0 Å². The second kappa shape index (κ2) is 9.37. The molecule has 2 aromatic carbocycles. The summed E-state index contributed by atoms with van der Waals surface area (Å²) < 4.78 is 16.0. The van der Waals surface area contributed by atoms with Crippen molar-refractivity contribution < 1.29 is 9.18 Å². The van der Waals surface area contributed by atoms with Crippen LogP contribution in [0.5, 0.6) is 0 Å². The zero-order valence-corrected chi connectivity index (χ0v) is 18.7. The summed E-state index contributed by atoms with van der Waals surface area (Å²) in [7, 11) is 2.86. The highest BCUT2D eigenvalue weighted by Crippen LogP contribution is 2.26. The van der Waals surface area contributed by atoms with Gasteiger partial charge in [-0.15, -0.1) is 0 Å². The Kier molecular flexibility index (Phi) is 6.36. The van der Waals surface area contributed by atoms with Crippen molar-refractivity contribution in [2.75, 3.05) is 5.75 Å². The van der Waals surface area contributed by atoms with Crippen molar-refractivity contribution in [2.45, 2.75) is 11.6 Å². The highest BCUT2D eigenvalue weighted by Gasteiger charge is 2.19. The summed E-state index contributed by atoms with van der Waals surface area (Å²) in [6, 6.07) is 15.2. The van der Waals surface area contributed by atoms with Crippen molar-refractivity contribution in [3.8, 4) is 11.4 Å². The van der Waals surface area contributed by atoms with Gasteiger partial charge in [0.1, 0.15) is 16.2 Å². The van der Waals surface area contributed by atoms with E-state index < -0.39 is 17.1 Å². The van der Waals surface area contributed by atoms with E-state index in [1.54, 1.807) is 6.07 Å². The van der Waals surface area contributed by atoms with Crippen LogP contribution in [-0.4, -0.2) is 30.8 Å². The van der Waals surface area contributed by atoms with Crippen molar-refractivity contribution in [3.05, 3.63) is 86.8 Å². The van der Waals surface area contributed by atoms with E-state index in [1.807, 2.05) is 30.3 Å². The highest BCUT2D eigenvalue weighted by atomic mass is 32.2. The van der Waals surface area contributed by atoms with E-state index in [1.165, 1.54) is 36.9 Å². The van der Waals surface area contributed by atoms with Crippen molar-refractivity contribution in [1.82, 2.24) is 24.4 Å². The molecule has 0 aliphatic heterocycles. The van der Waals surface area contributed by atoms with E-state index in [2.05, 4.69) is 15.3 Å². The molecule has 2 aromatic heterocycles. The summed E-state index contributed by atoms with van der Waals surface area (Å²) in [6.45, 7) is 0.371. The summed E-state index contributed by atoms with van der Waals surface area (Å²) in [5, 5.41) is 3.19. The van der Waals surface area contributed by atoms with Crippen LogP contribution < -0.4 is 16.6 Å². The number of benzene rings is 2. The molecule has 0 unspecified atom stereocenters. The second-order valence-corrected chi connectivity index (χ2v) is 8.28. The Morgan fingerprint density at radius 3 is 2.52 bits per heavy atom. The minimum Gasteiger partial charge on any atom is -0.351 e. The fourth-order valence-electron chi connectivity index (χ4n) is 3.27. The lowest BCUT2D eigenvalue weighted by atomic mass is 10.2. The van der Waals surface area contributed by atoms with E-state index in [0.717, 1.165) is 21.9 Å². The molecule has 1 N–H and O–H groups in total. The lowest BCUT2D eigenvalue weighted by molar-refractivity contribution is -0.118. The third kappa shape index (κ3) is 4.70. The van der Waals surface area contributed by atoms with E-state index in [9.17, 15) is 18.8 Å². The molecule has 2 heterocycles. The number of hydrogen-bond donors (Lipinski definition) is 1. The van der Waals surface area contributed by atoms with Crippen LogP contribution in [0.15, 0.2) is 69.2 Å². The van der Waals surface area contributed by atoms with Gasteiger partial charge in [-0.2, -0.15) is 0 Å². The molecule has 4 aromatic rings. The number of rotatable bonds is 6. The van der Waals surface area contributed by atoms with Crippen LogP contribution >= 0.6 is 11.8 Å². The van der Waals surface area contributed by atoms with Gasteiger partial charge in [0.05, 0.1) is 5.75 Å². The number of carbonyl (C=O) groups excluding carboxylic acids is 1. The van der Waals surface area contributed by atoms with Crippen molar-refractivity contribution >= 4 is 28.7 Å². The van der Waals surface area contributed by atoms with E-state index in [-0.39, 0.29) is 33.5 Å². The first-order valence-corrected chi connectivity index (χ1v) is 11.0. The van der Waals surface area contributed by atoms with Crippen LogP contribution in [0, 0.1) is 5.82 Å². The molecular weight excluding hydrogens is 445 g/mol. The number of amides is 1. The molecule has 1 amide bonds. The third-order valence-corrected chi connectivity index (χ3v) is 6.00. The normalized spacial score (nSPS) is 11.0. The summed E-state index contributed by atoms with van der Waals surface area (Å²) in [6.07, 6.45) is 0. The van der Waals surface area contributed by atoms with Gasteiger partial charge in [0.2, 0.25) is 5.91 Å². The topological polar surface area (TPSA) is 98.9 Å². The van der Waals surface area contributed by atoms with Gasteiger partial charge < -0.3 is 5.32 Å². The molecule has 168 valence electrons. The Morgan fingerprint density at radius 1 is 1.03 bits per heavy atom. The standard InChI is InChI=1S/C23H20FN5O3S/c1-28-20-18(22(31)29(2)23(28)32)21(27-19(26-20)15-9-6-10-16(24)11-15)33-13-17(30)25-12-14-7-4-3-5-8-14/h3-11H,12-13H2,1-2H3,(H,25,30). The lowest BCUT2D eigenvalue weighted by Gasteiger charge is -2.12. The minimum absolute atomic E-state index is 0.00642. The zero-order valence-electron chi connectivity index (χ0n) is 17.9. The van der Waals surface area contributed by atoms with Crippen LogP contribution in [0.2, 0.25) is 0 Å². The number of halogens is 1. The van der Waals surface area contributed by atoms with Gasteiger partial charge in [-0.3, -0.25) is 18.7 Å². The molecule has 33 heavy (non-hydrogen) atoms. The maximum Gasteiger partial charge on any atom is 0.332 e. The predicted molar refractivity (Wildman–Crippen MR) is 124 cm³/mol. The molecule has 0 atom stereocenters.